The van der Waals surface area contributed by atoms with Gasteiger partial charge in [0.25, 0.3) is 10.0 Å². The lowest BCUT2D eigenvalue weighted by Gasteiger charge is -2.08. The van der Waals surface area contributed by atoms with Crippen LogP contribution in [0.25, 0.3) is 0 Å². The molecule has 2 aromatic rings. The van der Waals surface area contributed by atoms with E-state index in [2.05, 4.69) is 9.71 Å². The Morgan fingerprint density at radius 3 is 2.50 bits per heavy atom. The number of nitrogens with one attached hydrogen (secondary N) is 1. The van der Waals surface area contributed by atoms with Gasteiger partial charge in [-0.05, 0) is 24.3 Å². The molecule has 0 amide bonds. The van der Waals surface area contributed by atoms with E-state index in [4.69, 9.17) is 11.6 Å². The van der Waals surface area contributed by atoms with E-state index in [0.29, 0.717) is 5.02 Å². The molecule has 7 heteroatoms. The van der Waals surface area contributed by atoms with Gasteiger partial charge in [-0.25, -0.2) is 13.4 Å². The first kappa shape index (κ1) is 12.7. The molecule has 18 heavy (non-hydrogen) atoms. The molecule has 0 aliphatic rings. The molecule has 0 saturated heterocycles. The van der Waals surface area contributed by atoms with Crippen LogP contribution < -0.4 is 4.72 Å². The first-order valence-corrected chi connectivity index (χ1v) is 6.77. The van der Waals surface area contributed by atoms with Crippen LogP contribution in [-0.2, 0) is 10.0 Å². The van der Waals surface area contributed by atoms with Crippen molar-refractivity contribution < 1.29 is 13.5 Å². The number of phenols is 1. The van der Waals surface area contributed by atoms with Crippen LogP contribution in [0.15, 0.2) is 47.5 Å². The summed E-state index contributed by atoms with van der Waals surface area (Å²) in [5.74, 6) is -0.193. The number of sulfonamides is 1. The number of benzene rings is 1. The SMILES string of the molecule is O=S(=O)(Nc1ccc(Cl)cn1)c1ccccc1O. The smallest absolute Gasteiger partial charge is 0.266 e. The fourth-order valence-corrected chi connectivity index (χ4v) is 2.53. The third-order valence-electron chi connectivity index (χ3n) is 2.12. The number of para-hydroxylation sites is 1. The van der Waals surface area contributed by atoms with Gasteiger partial charge in [0.05, 0.1) is 5.02 Å². The van der Waals surface area contributed by atoms with Crippen LogP contribution in [0.1, 0.15) is 0 Å². The molecule has 2 rings (SSSR count). The number of hydrogen-bond donors (Lipinski definition) is 2. The molecule has 94 valence electrons. The van der Waals surface area contributed by atoms with Crippen molar-refractivity contribution in [3.63, 3.8) is 0 Å². The van der Waals surface area contributed by atoms with Crippen molar-refractivity contribution in [3.05, 3.63) is 47.6 Å². The third-order valence-corrected chi connectivity index (χ3v) is 3.75. The molecule has 1 aromatic heterocycles. The number of nitrogens with zero attached hydrogens (tertiary/aromatic N) is 1. The average molecular weight is 285 g/mol. The number of halogens is 1. The number of aromatic nitrogens is 1. The molecule has 1 aromatic carbocycles. The highest BCUT2D eigenvalue weighted by molar-refractivity contribution is 7.92. The van der Waals surface area contributed by atoms with Crippen molar-refractivity contribution in [2.45, 2.75) is 4.90 Å². The molecule has 0 aliphatic heterocycles. The topological polar surface area (TPSA) is 79.3 Å². The van der Waals surface area contributed by atoms with Gasteiger partial charge in [-0.1, -0.05) is 23.7 Å². The van der Waals surface area contributed by atoms with E-state index in [1.54, 1.807) is 0 Å². The quantitative estimate of drug-likeness (QED) is 0.906. The summed E-state index contributed by atoms with van der Waals surface area (Å²) in [6.45, 7) is 0. The summed E-state index contributed by atoms with van der Waals surface area (Å²) in [5, 5.41) is 9.91. The number of rotatable bonds is 3. The second-order valence-electron chi connectivity index (χ2n) is 3.43. The maximum Gasteiger partial charge on any atom is 0.266 e. The van der Waals surface area contributed by atoms with Crippen molar-refractivity contribution in [1.82, 2.24) is 4.98 Å². The summed E-state index contributed by atoms with van der Waals surface area (Å²) >= 11 is 5.65. The van der Waals surface area contributed by atoms with Gasteiger partial charge in [0.1, 0.15) is 16.5 Å². The Morgan fingerprint density at radius 1 is 1.17 bits per heavy atom. The number of aromatic hydroxyl groups is 1. The number of pyridine rings is 1. The molecule has 0 bridgehead atoms. The highest BCUT2D eigenvalue weighted by Crippen LogP contribution is 2.23. The maximum atomic E-state index is 12.0. The van der Waals surface area contributed by atoms with Crippen molar-refractivity contribution in [2.75, 3.05) is 4.72 Å². The van der Waals surface area contributed by atoms with E-state index < -0.39 is 10.0 Å². The van der Waals surface area contributed by atoms with Crippen molar-refractivity contribution in [1.29, 1.82) is 0 Å². The third kappa shape index (κ3) is 2.72. The van der Waals surface area contributed by atoms with Crippen LogP contribution in [0, 0.1) is 0 Å². The van der Waals surface area contributed by atoms with Gasteiger partial charge in [0, 0.05) is 6.20 Å². The van der Waals surface area contributed by atoms with Crippen LogP contribution in [0.3, 0.4) is 0 Å². The normalized spacial score (nSPS) is 11.2. The van der Waals surface area contributed by atoms with E-state index in [-0.39, 0.29) is 16.5 Å². The average Bonchev–Trinajstić information content (AvgIpc) is 2.32. The summed E-state index contributed by atoms with van der Waals surface area (Å²) in [7, 11) is -3.86. The van der Waals surface area contributed by atoms with Gasteiger partial charge in [0.2, 0.25) is 0 Å². The van der Waals surface area contributed by atoms with Crippen LogP contribution in [0.2, 0.25) is 5.02 Å². The molecule has 0 atom stereocenters. The Morgan fingerprint density at radius 2 is 1.89 bits per heavy atom. The van der Waals surface area contributed by atoms with Gasteiger partial charge in [-0.15, -0.1) is 0 Å². The van der Waals surface area contributed by atoms with Crippen LogP contribution >= 0.6 is 11.6 Å². The molecule has 0 fully saturated rings. The van der Waals surface area contributed by atoms with Gasteiger partial charge in [0.15, 0.2) is 0 Å². The molecule has 2 N–H and O–H groups in total. The zero-order chi connectivity index (χ0) is 13.2. The Bertz CT molecular complexity index is 656. The zero-order valence-electron chi connectivity index (χ0n) is 9.04. The van der Waals surface area contributed by atoms with Gasteiger partial charge in [-0.2, -0.15) is 0 Å². The maximum absolute atomic E-state index is 12.0. The summed E-state index contributed by atoms with van der Waals surface area (Å²) < 4.78 is 26.2. The largest absolute Gasteiger partial charge is 0.507 e. The predicted octanol–water partition coefficient (Wildman–Crippen LogP) is 2.24. The number of anilines is 1. The summed E-state index contributed by atoms with van der Waals surface area (Å²) in [5.41, 5.74) is 0. The molecular weight excluding hydrogens is 276 g/mol. The fraction of sp³-hybridized carbons (Fsp3) is 0. The lowest BCUT2D eigenvalue weighted by atomic mass is 10.3. The highest BCUT2D eigenvalue weighted by atomic mass is 35.5. The fourth-order valence-electron chi connectivity index (χ4n) is 1.31. The molecule has 0 saturated carbocycles. The molecule has 0 unspecified atom stereocenters. The summed E-state index contributed by atoms with van der Waals surface area (Å²) in [4.78, 5) is 3.61. The van der Waals surface area contributed by atoms with E-state index in [1.165, 1.54) is 42.6 Å². The first-order chi connectivity index (χ1) is 8.49. The van der Waals surface area contributed by atoms with Crippen molar-refractivity contribution >= 4 is 27.4 Å². The predicted molar refractivity (Wildman–Crippen MR) is 68.2 cm³/mol. The van der Waals surface area contributed by atoms with E-state index >= 15 is 0 Å². The van der Waals surface area contributed by atoms with Gasteiger partial charge in [-0.3, -0.25) is 4.72 Å². The lowest BCUT2D eigenvalue weighted by molar-refractivity contribution is 0.459. The lowest BCUT2D eigenvalue weighted by Crippen LogP contribution is -2.13. The standard InChI is InChI=1S/C11H9ClN2O3S/c12-8-5-6-11(13-7-8)14-18(16,17)10-4-2-1-3-9(10)15/h1-7,15H,(H,13,14). The molecule has 0 radical (unpaired) electrons. The monoisotopic (exact) mass is 284 g/mol. The second-order valence-corrected chi connectivity index (χ2v) is 5.52. The van der Waals surface area contributed by atoms with Crippen LogP contribution in [0.5, 0.6) is 5.75 Å². The molecule has 0 aliphatic carbocycles. The zero-order valence-corrected chi connectivity index (χ0v) is 10.6. The number of phenolic OH excluding ortho intramolecular Hbond substituents is 1. The van der Waals surface area contributed by atoms with Crippen LogP contribution in [0.4, 0.5) is 5.82 Å². The van der Waals surface area contributed by atoms with Gasteiger partial charge < -0.3 is 5.11 Å². The first-order valence-electron chi connectivity index (χ1n) is 4.91. The minimum atomic E-state index is -3.86. The summed E-state index contributed by atoms with van der Waals surface area (Å²) in [6, 6.07) is 8.59. The number of hydrogen-bond acceptors (Lipinski definition) is 4. The van der Waals surface area contributed by atoms with E-state index in [9.17, 15) is 13.5 Å². The molecule has 0 spiro atoms. The van der Waals surface area contributed by atoms with E-state index in [0.717, 1.165) is 0 Å². The Hall–Kier alpha value is -1.79. The Labute approximate surface area is 109 Å². The van der Waals surface area contributed by atoms with E-state index in [1.807, 2.05) is 0 Å². The van der Waals surface area contributed by atoms with Crippen molar-refractivity contribution in [3.8, 4) is 5.75 Å². The van der Waals surface area contributed by atoms with Crippen molar-refractivity contribution in [2.24, 2.45) is 0 Å². The highest BCUT2D eigenvalue weighted by Gasteiger charge is 2.18. The second kappa shape index (κ2) is 4.83. The minimum Gasteiger partial charge on any atom is -0.507 e. The molecule has 1 heterocycles. The molecular formula is C11H9ClN2O3S. The van der Waals surface area contributed by atoms with Crippen LogP contribution in [-0.4, -0.2) is 18.5 Å². The minimum absolute atomic E-state index is 0.127. The van der Waals surface area contributed by atoms with Gasteiger partial charge >= 0.3 is 0 Å². The Balaban J connectivity index is 2.33. The molecule has 5 nitrogen and oxygen atoms in total. The summed E-state index contributed by atoms with van der Waals surface area (Å²) in [6.07, 6.45) is 1.32. The Kier molecular flexibility index (Phi) is 3.40.